The van der Waals surface area contributed by atoms with Crippen LogP contribution in [0.25, 0.3) is 0 Å². The number of hydrogen-bond acceptors (Lipinski definition) is 3. The van der Waals surface area contributed by atoms with Crippen molar-refractivity contribution in [1.29, 1.82) is 5.26 Å². The van der Waals surface area contributed by atoms with Crippen LogP contribution in [-0.2, 0) is 4.74 Å². The minimum absolute atomic E-state index is 0.0981. The van der Waals surface area contributed by atoms with Crippen LogP contribution in [0, 0.1) is 10.7 Å². The van der Waals surface area contributed by atoms with Gasteiger partial charge in [0.1, 0.15) is 5.40 Å². The van der Waals surface area contributed by atoms with E-state index in [0.29, 0.717) is 12.5 Å². The van der Waals surface area contributed by atoms with E-state index in [1.807, 2.05) is 12.3 Å². The van der Waals surface area contributed by atoms with Gasteiger partial charge < -0.3 is 4.74 Å². The van der Waals surface area contributed by atoms with Crippen molar-refractivity contribution in [1.82, 2.24) is 0 Å². The number of hydrogen-bond donors (Lipinski definition) is 0. The van der Waals surface area contributed by atoms with Crippen LogP contribution in [0.4, 0.5) is 0 Å². The molecule has 0 saturated carbocycles. The van der Waals surface area contributed by atoms with Crippen molar-refractivity contribution in [2.75, 3.05) is 18.2 Å². The molecule has 58 valence electrons. The van der Waals surface area contributed by atoms with Crippen molar-refractivity contribution in [2.45, 2.75) is 13.0 Å². The van der Waals surface area contributed by atoms with E-state index in [-0.39, 0.29) is 6.10 Å². The van der Waals surface area contributed by atoms with Gasteiger partial charge >= 0.3 is 0 Å². The predicted octanol–water partition coefficient (Wildman–Crippen LogP) is 1.84. The number of nitriles is 1. The van der Waals surface area contributed by atoms with Gasteiger partial charge in [-0.3, -0.25) is 0 Å². The molecule has 0 radical (unpaired) electrons. The zero-order valence-corrected chi connectivity index (χ0v) is 7.41. The van der Waals surface area contributed by atoms with Gasteiger partial charge in [-0.05, 0) is 18.7 Å². The topological polar surface area (TPSA) is 33.0 Å². The van der Waals surface area contributed by atoms with Crippen molar-refractivity contribution in [3.05, 3.63) is 0 Å². The highest BCUT2D eigenvalue weighted by Crippen LogP contribution is 1.98. The van der Waals surface area contributed by atoms with Gasteiger partial charge in [0.2, 0.25) is 0 Å². The molecule has 0 aliphatic carbocycles. The van der Waals surface area contributed by atoms with Gasteiger partial charge in [0.25, 0.3) is 0 Å². The summed E-state index contributed by atoms with van der Waals surface area (Å²) in [6, 6.07) is 0. The summed E-state index contributed by atoms with van der Waals surface area (Å²) >= 11 is 6.67. The standard InChI is InChI=1S/C6H10ClNOS/c1-6(4-7)9-2-3-10-5-8/h6H,2-4H2,1H3. The van der Waals surface area contributed by atoms with Gasteiger partial charge in [-0.1, -0.05) is 0 Å². The van der Waals surface area contributed by atoms with E-state index in [4.69, 9.17) is 21.6 Å². The fourth-order valence-electron chi connectivity index (χ4n) is 0.381. The summed E-state index contributed by atoms with van der Waals surface area (Å²) in [6.45, 7) is 2.51. The third-order valence-corrected chi connectivity index (χ3v) is 1.80. The molecule has 10 heavy (non-hydrogen) atoms. The van der Waals surface area contributed by atoms with Crippen molar-refractivity contribution in [2.24, 2.45) is 0 Å². The van der Waals surface area contributed by atoms with Crippen molar-refractivity contribution in [3.8, 4) is 5.40 Å². The Morgan fingerprint density at radius 2 is 2.50 bits per heavy atom. The van der Waals surface area contributed by atoms with Crippen LogP contribution < -0.4 is 0 Å². The molecule has 0 aliphatic rings. The largest absolute Gasteiger partial charge is 0.376 e. The Bertz CT molecular complexity index is 115. The average molecular weight is 180 g/mol. The minimum atomic E-state index is 0.0981. The van der Waals surface area contributed by atoms with Gasteiger partial charge in [0.05, 0.1) is 12.7 Å². The molecule has 0 aliphatic heterocycles. The molecule has 2 nitrogen and oxygen atoms in total. The maximum absolute atomic E-state index is 8.12. The summed E-state index contributed by atoms with van der Waals surface area (Å²) in [4.78, 5) is 0. The first-order chi connectivity index (χ1) is 4.81. The highest BCUT2D eigenvalue weighted by atomic mass is 35.5. The molecule has 0 amide bonds. The molecule has 0 aromatic heterocycles. The molecule has 0 bridgehead atoms. The van der Waals surface area contributed by atoms with Crippen molar-refractivity contribution < 1.29 is 4.74 Å². The highest BCUT2D eigenvalue weighted by molar-refractivity contribution is 8.03. The molecular weight excluding hydrogens is 170 g/mol. The fourth-order valence-corrected chi connectivity index (χ4v) is 0.741. The molecule has 0 fully saturated rings. The SMILES string of the molecule is CC(CCl)OCCSC#N. The Balaban J connectivity index is 2.98. The Kier molecular flexibility index (Phi) is 7.26. The lowest BCUT2D eigenvalue weighted by atomic mass is 10.5. The first kappa shape index (κ1) is 10.1. The molecule has 1 atom stereocenters. The summed E-state index contributed by atoms with van der Waals surface area (Å²) in [5, 5.41) is 10.1. The lowest BCUT2D eigenvalue weighted by molar-refractivity contribution is 0.0944. The van der Waals surface area contributed by atoms with Gasteiger partial charge in [-0.2, -0.15) is 5.26 Å². The normalized spacial score (nSPS) is 12.5. The van der Waals surface area contributed by atoms with Crippen LogP contribution in [-0.4, -0.2) is 24.3 Å². The van der Waals surface area contributed by atoms with Crippen LogP contribution >= 0.6 is 23.4 Å². The molecule has 0 heterocycles. The summed E-state index contributed by atoms with van der Waals surface area (Å²) in [7, 11) is 0. The number of thioether (sulfide) groups is 1. The zero-order chi connectivity index (χ0) is 7.82. The van der Waals surface area contributed by atoms with E-state index < -0.39 is 0 Å². The third kappa shape index (κ3) is 6.21. The molecular formula is C6H10ClNOS. The fraction of sp³-hybridized carbons (Fsp3) is 0.833. The smallest absolute Gasteiger partial charge is 0.133 e. The molecule has 0 N–H and O–H groups in total. The Morgan fingerprint density at radius 1 is 1.80 bits per heavy atom. The Morgan fingerprint density at radius 3 is 3.00 bits per heavy atom. The molecule has 4 heteroatoms. The maximum atomic E-state index is 8.12. The van der Waals surface area contributed by atoms with E-state index in [2.05, 4.69) is 0 Å². The van der Waals surface area contributed by atoms with E-state index in [9.17, 15) is 0 Å². The maximum Gasteiger partial charge on any atom is 0.133 e. The van der Waals surface area contributed by atoms with Crippen molar-refractivity contribution in [3.63, 3.8) is 0 Å². The second-order valence-electron chi connectivity index (χ2n) is 1.78. The number of ether oxygens (including phenoxy) is 1. The van der Waals surface area contributed by atoms with Gasteiger partial charge in [-0.15, -0.1) is 11.6 Å². The summed E-state index contributed by atoms with van der Waals surface area (Å²) in [5.74, 6) is 1.23. The first-order valence-corrected chi connectivity index (χ1v) is 4.51. The van der Waals surface area contributed by atoms with Crippen molar-refractivity contribution >= 4 is 23.4 Å². The van der Waals surface area contributed by atoms with E-state index in [0.717, 1.165) is 5.75 Å². The third-order valence-electron chi connectivity index (χ3n) is 0.870. The first-order valence-electron chi connectivity index (χ1n) is 2.99. The van der Waals surface area contributed by atoms with Crippen LogP contribution in [0.3, 0.4) is 0 Å². The molecule has 0 rings (SSSR count). The number of nitrogens with zero attached hydrogens (tertiary/aromatic N) is 1. The monoisotopic (exact) mass is 179 g/mol. The number of rotatable bonds is 5. The Hall–Kier alpha value is 0.0900. The molecule has 0 aromatic rings. The number of alkyl halides is 1. The van der Waals surface area contributed by atoms with Gasteiger partial charge in [0.15, 0.2) is 0 Å². The van der Waals surface area contributed by atoms with Crippen LogP contribution in [0.5, 0.6) is 0 Å². The predicted molar refractivity (Wildman–Crippen MR) is 44.2 cm³/mol. The number of halogens is 1. The molecule has 0 spiro atoms. The zero-order valence-electron chi connectivity index (χ0n) is 5.84. The molecule has 0 aromatic carbocycles. The molecule has 0 saturated heterocycles. The van der Waals surface area contributed by atoms with E-state index >= 15 is 0 Å². The second-order valence-corrected chi connectivity index (χ2v) is 2.96. The minimum Gasteiger partial charge on any atom is -0.376 e. The Labute approximate surface area is 70.5 Å². The van der Waals surface area contributed by atoms with Gasteiger partial charge in [-0.25, -0.2) is 0 Å². The lowest BCUT2D eigenvalue weighted by Gasteiger charge is -2.06. The quantitative estimate of drug-likeness (QED) is 0.367. The lowest BCUT2D eigenvalue weighted by Crippen LogP contribution is -2.11. The number of thiocyanates is 1. The van der Waals surface area contributed by atoms with Crippen LogP contribution in [0.2, 0.25) is 0 Å². The van der Waals surface area contributed by atoms with Crippen LogP contribution in [0.1, 0.15) is 6.92 Å². The second kappa shape index (κ2) is 7.20. The molecule has 1 unspecified atom stereocenters. The summed E-state index contributed by atoms with van der Waals surface area (Å²) in [6.07, 6.45) is 0.0981. The summed E-state index contributed by atoms with van der Waals surface area (Å²) < 4.78 is 5.19. The van der Waals surface area contributed by atoms with Crippen LogP contribution in [0.15, 0.2) is 0 Å². The van der Waals surface area contributed by atoms with Gasteiger partial charge in [0, 0.05) is 11.6 Å². The average Bonchev–Trinajstić information content (AvgIpc) is 1.98. The summed E-state index contributed by atoms with van der Waals surface area (Å²) in [5.41, 5.74) is 0. The van der Waals surface area contributed by atoms with E-state index in [1.54, 1.807) is 0 Å². The van der Waals surface area contributed by atoms with E-state index in [1.165, 1.54) is 11.8 Å². The highest BCUT2D eigenvalue weighted by Gasteiger charge is 1.97.